The van der Waals surface area contributed by atoms with Crippen LogP contribution in [0.2, 0.25) is 0 Å². The van der Waals surface area contributed by atoms with Crippen LogP contribution >= 0.6 is 0 Å². The van der Waals surface area contributed by atoms with E-state index in [1.54, 1.807) is 6.92 Å². The number of carbonyl (C=O) groups is 2. The van der Waals surface area contributed by atoms with E-state index in [1.165, 1.54) is 6.92 Å². The zero-order chi connectivity index (χ0) is 12.6. The van der Waals surface area contributed by atoms with Gasteiger partial charge >= 0.3 is 11.9 Å². The van der Waals surface area contributed by atoms with Crippen molar-refractivity contribution in [3.63, 3.8) is 0 Å². The third-order valence-corrected chi connectivity index (χ3v) is 1.53. The van der Waals surface area contributed by atoms with Crippen molar-refractivity contribution in [3.8, 4) is 0 Å². The summed E-state index contributed by atoms with van der Waals surface area (Å²) in [7, 11) is 0. The minimum absolute atomic E-state index is 0.0434. The summed E-state index contributed by atoms with van der Waals surface area (Å²) in [6.07, 6.45) is -1.85. The molecule has 2 atom stereocenters. The second-order valence-electron chi connectivity index (χ2n) is 2.60. The molecule has 0 saturated carbocycles. The van der Waals surface area contributed by atoms with Crippen molar-refractivity contribution >= 4 is 11.9 Å². The quantitative estimate of drug-likeness (QED) is 0.302. The third-order valence-electron chi connectivity index (χ3n) is 1.53. The van der Waals surface area contributed by atoms with E-state index in [4.69, 9.17) is 5.53 Å². The van der Waals surface area contributed by atoms with Crippen molar-refractivity contribution in [2.45, 2.75) is 26.0 Å². The fraction of sp³-hybridized carbons (Fsp3) is 0.750. The minimum atomic E-state index is -1.85. The first-order chi connectivity index (χ1) is 7.58. The Hall–Kier alpha value is -1.79. The summed E-state index contributed by atoms with van der Waals surface area (Å²) in [6.45, 7) is 3.17. The zero-order valence-electron chi connectivity index (χ0n) is 8.99. The van der Waals surface area contributed by atoms with Gasteiger partial charge in [-0.05, 0) is 19.4 Å². The Morgan fingerprint density at radius 1 is 1.31 bits per heavy atom. The molecule has 0 aromatic heterocycles. The summed E-state index contributed by atoms with van der Waals surface area (Å²) in [6, 6.07) is -1.62. The summed E-state index contributed by atoms with van der Waals surface area (Å²) in [4.78, 5) is 24.7. The van der Waals surface area contributed by atoms with Gasteiger partial charge in [-0.25, -0.2) is 4.79 Å². The number of ether oxygens (including phenoxy) is 2. The highest BCUT2D eigenvalue weighted by atomic mass is 16.6. The number of aliphatic hydroxyl groups excluding tert-OH is 1. The molecule has 0 amide bonds. The minimum Gasteiger partial charge on any atom is -0.466 e. The first-order valence-corrected chi connectivity index (χ1v) is 4.64. The maximum absolute atomic E-state index is 11.2. The Bertz CT molecular complexity index is 300. The fourth-order valence-electron chi connectivity index (χ4n) is 0.879. The highest BCUT2D eigenvalue weighted by Gasteiger charge is 2.33. The van der Waals surface area contributed by atoms with Gasteiger partial charge in [-0.2, -0.15) is 0 Å². The van der Waals surface area contributed by atoms with Crippen LogP contribution in [0.25, 0.3) is 10.4 Å². The number of esters is 2. The zero-order valence-corrected chi connectivity index (χ0v) is 8.99. The first-order valence-electron chi connectivity index (χ1n) is 4.64. The van der Waals surface area contributed by atoms with Gasteiger partial charge in [0.15, 0.2) is 12.1 Å². The molecule has 0 aliphatic heterocycles. The van der Waals surface area contributed by atoms with E-state index in [0.717, 1.165) is 0 Å². The molecule has 0 aromatic rings. The van der Waals surface area contributed by atoms with E-state index >= 15 is 0 Å². The molecule has 0 fully saturated rings. The Morgan fingerprint density at radius 2 is 1.81 bits per heavy atom. The van der Waals surface area contributed by atoms with Crippen molar-refractivity contribution in [3.05, 3.63) is 10.4 Å². The van der Waals surface area contributed by atoms with Crippen LogP contribution < -0.4 is 0 Å². The van der Waals surface area contributed by atoms with Crippen molar-refractivity contribution in [2.24, 2.45) is 5.11 Å². The fourth-order valence-corrected chi connectivity index (χ4v) is 0.879. The summed E-state index contributed by atoms with van der Waals surface area (Å²) >= 11 is 0. The monoisotopic (exact) mass is 231 g/mol. The van der Waals surface area contributed by atoms with Crippen LogP contribution in [-0.4, -0.2) is 42.4 Å². The van der Waals surface area contributed by atoms with Crippen LogP contribution in [0.15, 0.2) is 5.11 Å². The normalized spacial score (nSPS) is 13.2. The van der Waals surface area contributed by atoms with Crippen molar-refractivity contribution < 1.29 is 24.2 Å². The number of aliphatic hydroxyl groups is 1. The summed E-state index contributed by atoms with van der Waals surface area (Å²) in [5.74, 6) is -2.01. The maximum atomic E-state index is 11.2. The number of nitrogens with zero attached hydrogens (tertiary/aromatic N) is 3. The van der Waals surface area contributed by atoms with E-state index < -0.39 is 24.1 Å². The molecule has 1 N–H and O–H groups in total. The Labute approximate surface area is 91.8 Å². The number of rotatable bonds is 6. The van der Waals surface area contributed by atoms with Gasteiger partial charge in [0.25, 0.3) is 0 Å². The molecular formula is C8H13N3O5. The SMILES string of the molecule is CCOC(=O)[C@@H](O)[C@@H](N=[N+]=[N-])C(=O)OCC. The lowest BCUT2D eigenvalue weighted by molar-refractivity contribution is -0.161. The molecule has 8 nitrogen and oxygen atoms in total. The lowest BCUT2D eigenvalue weighted by Crippen LogP contribution is -2.40. The van der Waals surface area contributed by atoms with E-state index in [-0.39, 0.29) is 13.2 Å². The second kappa shape index (κ2) is 7.49. The van der Waals surface area contributed by atoms with Crippen LogP contribution in [0.1, 0.15) is 13.8 Å². The summed E-state index contributed by atoms with van der Waals surface area (Å²) in [5, 5.41) is 12.4. The predicted molar refractivity (Wildman–Crippen MR) is 52.2 cm³/mol. The molecule has 16 heavy (non-hydrogen) atoms. The average Bonchev–Trinajstić information content (AvgIpc) is 2.25. The highest BCUT2D eigenvalue weighted by molar-refractivity contribution is 5.86. The highest BCUT2D eigenvalue weighted by Crippen LogP contribution is 2.05. The Kier molecular flexibility index (Phi) is 6.66. The van der Waals surface area contributed by atoms with Crippen LogP contribution in [-0.2, 0) is 19.1 Å². The molecular weight excluding hydrogens is 218 g/mol. The number of hydrogen-bond acceptors (Lipinski definition) is 6. The molecule has 0 bridgehead atoms. The number of hydrogen-bond donors (Lipinski definition) is 1. The van der Waals surface area contributed by atoms with E-state index in [1.807, 2.05) is 0 Å². The van der Waals surface area contributed by atoms with Gasteiger partial charge in [0.1, 0.15) is 0 Å². The molecule has 0 spiro atoms. The third kappa shape index (κ3) is 4.16. The molecule has 0 radical (unpaired) electrons. The topological polar surface area (TPSA) is 122 Å². The molecule has 0 saturated heterocycles. The van der Waals surface area contributed by atoms with Crippen LogP contribution in [0.4, 0.5) is 0 Å². The summed E-state index contributed by atoms with van der Waals surface area (Å²) in [5.41, 5.74) is 8.20. The molecule has 8 heteroatoms. The van der Waals surface area contributed by atoms with Crippen molar-refractivity contribution in [2.75, 3.05) is 13.2 Å². The first kappa shape index (κ1) is 14.2. The van der Waals surface area contributed by atoms with Crippen LogP contribution in [0.5, 0.6) is 0 Å². The summed E-state index contributed by atoms with van der Waals surface area (Å²) < 4.78 is 9.01. The van der Waals surface area contributed by atoms with E-state index in [2.05, 4.69) is 19.5 Å². The average molecular weight is 231 g/mol. The van der Waals surface area contributed by atoms with Gasteiger partial charge in [0, 0.05) is 4.91 Å². The largest absolute Gasteiger partial charge is 0.466 e. The van der Waals surface area contributed by atoms with Gasteiger partial charge in [-0.1, -0.05) is 5.11 Å². The molecule has 0 heterocycles. The molecule has 0 aliphatic carbocycles. The van der Waals surface area contributed by atoms with Gasteiger partial charge in [-0.3, -0.25) is 4.79 Å². The van der Waals surface area contributed by atoms with E-state index in [0.29, 0.717) is 0 Å². The van der Waals surface area contributed by atoms with Gasteiger partial charge in [-0.15, -0.1) is 0 Å². The number of carbonyl (C=O) groups excluding carboxylic acids is 2. The molecule has 0 aromatic carbocycles. The maximum Gasteiger partial charge on any atom is 0.336 e. The van der Waals surface area contributed by atoms with Crippen LogP contribution in [0.3, 0.4) is 0 Å². The van der Waals surface area contributed by atoms with Crippen molar-refractivity contribution in [1.29, 1.82) is 0 Å². The lowest BCUT2D eigenvalue weighted by Gasteiger charge is -2.15. The molecule has 0 aliphatic rings. The number of azide groups is 1. The van der Waals surface area contributed by atoms with Gasteiger partial charge in [0.2, 0.25) is 0 Å². The Balaban J connectivity index is 4.70. The van der Waals surface area contributed by atoms with E-state index in [9.17, 15) is 14.7 Å². The van der Waals surface area contributed by atoms with Crippen molar-refractivity contribution in [1.82, 2.24) is 0 Å². The molecule has 0 unspecified atom stereocenters. The molecule has 90 valence electrons. The van der Waals surface area contributed by atoms with Gasteiger partial charge < -0.3 is 14.6 Å². The van der Waals surface area contributed by atoms with Gasteiger partial charge in [0.05, 0.1) is 13.2 Å². The second-order valence-corrected chi connectivity index (χ2v) is 2.60. The smallest absolute Gasteiger partial charge is 0.336 e. The lowest BCUT2D eigenvalue weighted by atomic mass is 10.2. The Morgan fingerprint density at radius 3 is 2.25 bits per heavy atom. The van der Waals surface area contributed by atoms with Crippen LogP contribution in [0, 0.1) is 0 Å². The standard InChI is InChI=1S/C8H13N3O5/c1-3-15-7(13)5(10-11-9)6(12)8(14)16-4-2/h5-6,12H,3-4H2,1-2H3/t5-,6+/m1/s1. The molecule has 0 rings (SSSR count). The predicted octanol–water partition coefficient (Wildman–Crippen LogP) is 0.152.